The molecule has 0 aliphatic heterocycles. The van der Waals surface area contributed by atoms with Crippen LogP contribution in [0.4, 0.5) is 0 Å². The summed E-state index contributed by atoms with van der Waals surface area (Å²) in [7, 11) is -3.66. The molecule has 6 heteroatoms. The van der Waals surface area contributed by atoms with Crippen LogP contribution in [-0.4, -0.2) is 13.5 Å². The molecule has 0 fully saturated rings. The van der Waals surface area contributed by atoms with Crippen LogP contribution in [0, 0.1) is 0 Å². The lowest BCUT2D eigenvalue weighted by molar-refractivity contribution is 0.460. The molecule has 4 nitrogen and oxygen atoms in total. The summed E-state index contributed by atoms with van der Waals surface area (Å²) in [5.41, 5.74) is 0.519. The average Bonchev–Trinajstić information content (AvgIpc) is 2.39. The predicted molar refractivity (Wildman–Crippen MR) is 78.3 cm³/mol. The second kappa shape index (κ2) is 5.83. The third kappa shape index (κ3) is 3.30. The molecule has 0 amide bonds. The molecule has 0 aromatic heterocycles. The maximum atomic E-state index is 12.2. The molecule has 1 atom stereocenters. The third-order valence-electron chi connectivity index (χ3n) is 2.86. The van der Waals surface area contributed by atoms with Crippen molar-refractivity contribution in [2.75, 3.05) is 0 Å². The molecule has 2 rings (SSSR count). The predicted octanol–water partition coefficient (Wildman–Crippen LogP) is 3.09. The lowest BCUT2D eigenvalue weighted by Gasteiger charge is -2.15. The molecule has 0 spiro atoms. The van der Waals surface area contributed by atoms with E-state index in [4.69, 9.17) is 11.6 Å². The number of hydrogen-bond donors (Lipinski definition) is 2. The Kier molecular flexibility index (Phi) is 4.32. The van der Waals surface area contributed by atoms with E-state index in [-0.39, 0.29) is 10.6 Å². The summed E-state index contributed by atoms with van der Waals surface area (Å²) in [6.07, 6.45) is 0. The molecule has 0 radical (unpaired) electrons. The number of phenolic OH excluding ortho intramolecular Hbond substituents is 1. The van der Waals surface area contributed by atoms with Crippen LogP contribution in [0.5, 0.6) is 5.75 Å². The van der Waals surface area contributed by atoms with Crippen molar-refractivity contribution in [3.05, 3.63) is 59.1 Å². The fourth-order valence-electron chi connectivity index (χ4n) is 1.83. The van der Waals surface area contributed by atoms with Gasteiger partial charge in [0, 0.05) is 16.6 Å². The smallest absolute Gasteiger partial charge is 0.241 e. The number of rotatable bonds is 4. The van der Waals surface area contributed by atoms with Crippen molar-refractivity contribution in [1.82, 2.24) is 4.72 Å². The molecule has 0 heterocycles. The minimum absolute atomic E-state index is 0.0545. The maximum absolute atomic E-state index is 12.2. The van der Waals surface area contributed by atoms with E-state index in [1.807, 2.05) is 0 Å². The lowest BCUT2D eigenvalue weighted by Crippen LogP contribution is -2.26. The van der Waals surface area contributed by atoms with E-state index >= 15 is 0 Å². The van der Waals surface area contributed by atoms with Crippen molar-refractivity contribution < 1.29 is 13.5 Å². The van der Waals surface area contributed by atoms with Crippen LogP contribution in [-0.2, 0) is 10.0 Å². The molecule has 0 aliphatic rings. The van der Waals surface area contributed by atoms with Crippen molar-refractivity contribution in [2.24, 2.45) is 0 Å². The Morgan fingerprint density at radius 1 is 1.10 bits per heavy atom. The van der Waals surface area contributed by atoms with E-state index in [9.17, 15) is 13.5 Å². The molecule has 20 heavy (non-hydrogen) atoms. The fraction of sp³-hybridized carbons (Fsp3) is 0.143. The Balaban J connectivity index is 2.24. The summed E-state index contributed by atoms with van der Waals surface area (Å²) in [4.78, 5) is 0.129. The topological polar surface area (TPSA) is 66.4 Å². The van der Waals surface area contributed by atoms with Crippen molar-refractivity contribution >= 4 is 21.6 Å². The SMILES string of the molecule is C[C@@H](NS(=O)(=O)c1ccc(Cl)cc1)c1ccccc1O. The van der Waals surface area contributed by atoms with Gasteiger partial charge in [0.1, 0.15) is 5.75 Å². The van der Waals surface area contributed by atoms with Gasteiger partial charge in [-0.1, -0.05) is 29.8 Å². The molecule has 2 aromatic rings. The highest BCUT2D eigenvalue weighted by molar-refractivity contribution is 7.89. The van der Waals surface area contributed by atoms with Gasteiger partial charge in [-0.2, -0.15) is 0 Å². The summed E-state index contributed by atoms with van der Waals surface area (Å²) in [5.74, 6) is 0.0545. The van der Waals surface area contributed by atoms with Gasteiger partial charge in [0.05, 0.1) is 4.90 Å². The minimum Gasteiger partial charge on any atom is -0.508 e. The maximum Gasteiger partial charge on any atom is 0.241 e. The number of hydrogen-bond acceptors (Lipinski definition) is 3. The number of nitrogens with one attached hydrogen (secondary N) is 1. The van der Waals surface area contributed by atoms with Crippen LogP contribution in [0.3, 0.4) is 0 Å². The van der Waals surface area contributed by atoms with Crippen molar-refractivity contribution in [1.29, 1.82) is 0 Å². The molecule has 106 valence electrons. The van der Waals surface area contributed by atoms with E-state index < -0.39 is 16.1 Å². The van der Waals surface area contributed by atoms with Gasteiger partial charge in [0.25, 0.3) is 0 Å². The van der Waals surface area contributed by atoms with Gasteiger partial charge in [0.15, 0.2) is 0 Å². The highest BCUT2D eigenvalue weighted by atomic mass is 35.5. The van der Waals surface area contributed by atoms with Gasteiger partial charge in [-0.3, -0.25) is 0 Å². The number of halogens is 1. The first-order valence-electron chi connectivity index (χ1n) is 5.96. The van der Waals surface area contributed by atoms with E-state index in [0.29, 0.717) is 10.6 Å². The highest BCUT2D eigenvalue weighted by Crippen LogP contribution is 2.25. The number of aromatic hydroxyl groups is 1. The first-order chi connectivity index (χ1) is 9.40. The molecule has 0 saturated heterocycles. The van der Waals surface area contributed by atoms with Crippen LogP contribution in [0.1, 0.15) is 18.5 Å². The molecule has 2 N–H and O–H groups in total. The number of phenols is 1. The van der Waals surface area contributed by atoms with Gasteiger partial charge in [-0.05, 0) is 37.3 Å². The zero-order chi connectivity index (χ0) is 14.8. The highest BCUT2D eigenvalue weighted by Gasteiger charge is 2.19. The van der Waals surface area contributed by atoms with E-state index in [0.717, 1.165) is 0 Å². The third-order valence-corrected chi connectivity index (χ3v) is 4.67. The average molecular weight is 312 g/mol. The molecule has 0 unspecified atom stereocenters. The van der Waals surface area contributed by atoms with Crippen LogP contribution in [0.25, 0.3) is 0 Å². The van der Waals surface area contributed by atoms with Gasteiger partial charge >= 0.3 is 0 Å². The second-order valence-electron chi connectivity index (χ2n) is 4.36. The zero-order valence-corrected chi connectivity index (χ0v) is 12.3. The summed E-state index contributed by atoms with van der Waals surface area (Å²) in [6.45, 7) is 1.67. The summed E-state index contributed by atoms with van der Waals surface area (Å²) >= 11 is 5.74. The van der Waals surface area contributed by atoms with Gasteiger partial charge in [-0.25, -0.2) is 13.1 Å². The standard InChI is InChI=1S/C14H14ClNO3S/c1-10(13-4-2-3-5-14(13)17)16-20(18,19)12-8-6-11(15)7-9-12/h2-10,16-17H,1H3/t10-/m1/s1. The number of para-hydroxylation sites is 1. The van der Waals surface area contributed by atoms with E-state index in [1.165, 1.54) is 30.3 Å². The van der Waals surface area contributed by atoms with Gasteiger partial charge in [0.2, 0.25) is 10.0 Å². The van der Waals surface area contributed by atoms with Crippen LogP contribution < -0.4 is 4.72 Å². The molecular weight excluding hydrogens is 298 g/mol. The minimum atomic E-state index is -3.66. The number of benzene rings is 2. The first-order valence-corrected chi connectivity index (χ1v) is 7.82. The Bertz CT molecular complexity index is 699. The Morgan fingerprint density at radius 2 is 1.70 bits per heavy atom. The molecule has 2 aromatic carbocycles. The van der Waals surface area contributed by atoms with Gasteiger partial charge in [-0.15, -0.1) is 0 Å². The van der Waals surface area contributed by atoms with Crippen LogP contribution in [0.2, 0.25) is 5.02 Å². The quantitative estimate of drug-likeness (QED) is 0.912. The zero-order valence-electron chi connectivity index (χ0n) is 10.7. The van der Waals surface area contributed by atoms with E-state index in [2.05, 4.69) is 4.72 Å². The summed E-state index contributed by atoms with van der Waals surface area (Å²) in [6, 6.07) is 12.0. The van der Waals surface area contributed by atoms with E-state index in [1.54, 1.807) is 25.1 Å². The first kappa shape index (κ1) is 14.8. The van der Waals surface area contributed by atoms with Gasteiger partial charge < -0.3 is 5.11 Å². The van der Waals surface area contributed by atoms with Crippen LogP contribution >= 0.6 is 11.6 Å². The monoisotopic (exact) mass is 311 g/mol. The number of sulfonamides is 1. The Morgan fingerprint density at radius 3 is 2.30 bits per heavy atom. The molecular formula is C14H14ClNO3S. The van der Waals surface area contributed by atoms with Crippen molar-refractivity contribution in [3.63, 3.8) is 0 Å². The van der Waals surface area contributed by atoms with Crippen LogP contribution in [0.15, 0.2) is 53.4 Å². The van der Waals surface area contributed by atoms with Crippen molar-refractivity contribution in [2.45, 2.75) is 17.9 Å². The molecule has 0 bridgehead atoms. The Hall–Kier alpha value is -1.56. The normalized spacial score (nSPS) is 13.1. The summed E-state index contributed by atoms with van der Waals surface area (Å²) in [5, 5.41) is 10.2. The van der Waals surface area contributed by atoms with Crippen molar-refractivity contribution in [3.8, 4) is 5.75 Å². The lowest BCUT2D eigenvalue weighted by atomic mass is 10.1. The fourth-order valence-corrected chi connectivity index (χ4v) is 3.18. The largest absolute Gasteiger partial charge is 0.508 e. The second-order valence-corrected chi connectivity index (χ2v) is 6.51. The Labute approximate surface area is 123 Å². The molecule has 0 saturated carbocycles. The summed E-state index contributed by atoms with van der Waals surface area (Å²) < 4.78 is 26.9. The molecule has 0 aliphatic carbocycles.